The van der Waals surface area contributed by atoms with Crippen LogP contribution in [-0.4, -0.2) is 41.6 Å². The van der Waals surface area contributed by atoms with Crippen molar-refractivity contribution in [1.29, 1.82) is 0 Å². The molecule has 8 nitrogen and oxygen atoms in total. The van der Waals surface area contributed by atoms with Gasteiger partial charge in [0.2, 0.25) is 22.6 Å². The van der Waals surface area contributed by atoms with Gasteiger partial charge in [0.15, 0.2) is 0 Å². The van der Waals surface area contributed by atoms with Gasteiger partial charge in [-0.1, -0.05) is 68.5 Å². The molecule has 0 aliphatic carbocycles. The number of benzene rings is 4. The second-order valence-corrected chi connectivity index (χ2v) is 11.2. The zero-order valence-electron chi connectivity index (χ0n) is 37.3. The number of fused-ring (bicyclic) bond motifs is 12. The predicted molar refractivity (Wildman–Crippen MR) is 231 cm³/mol. The number of hydrogen-bond acceptors (Lipinski definition) is 4. The molecule has 4 aromatic carbocycles. The molecule has 0 N–H and O–H groups in total. The standard InChI is InChI=1S/C33H16N8.12CH3.4W.4Y/c1-2-10-18-17(9-1)25-34-27-19-11-3-4-12-20(19)29-36-31-23-15-7-8-16-24(23)32-37-30-22-14-6-5-13-21(22)28-35-26(18)38(25)33(39(27)29,40(28)30)41(31)32;;;;;;;;;;;;;;;;;;;;/h1-16H;12*1H3;;;;;;;;/q+2;12*-1;;;;;;;;. The van der Waals surface area contributed by atoms with Crippen molar-refractivity contribution in [2.24, 2.45) is 20.0 Å². The molecular weight excluding hydrogens is 1740 g/mol. The third-order valence-electron chi connectivity index (χ3n) is 9.38. The molecule has 6 aromatic rings. The van der Waals surface area contributed by atoms with Crippen molar-refractivity contribution < 1.29 is 224 Å². The Hall–Kier alpha value is 1.41. The minimum absolute atomic E-state index is 0. The molecular formula is C45H52N8W4Y4-10. The average molecular weight is 1800 g/mol. The largest absolute Gasteiger partial charge is 0.404 e. The molecule has 0 unspecified atom stereocenters. The van der Waals surface area contributed by atoms with E-state index in [0.29, 0.717) is 0 Å². The predicted octanol–water partition coefficient (Wildman–Crippen LogP) is 9.09. The van der Waals surface area contributed by atoms with Crippen LogP contribution in [0.1, 0.15) is 22.3 Å². The molecule has 6 aliphatic rings. The van der Waals surface area contributed by atoms with Gasteiger partial charge in [-0.15, -0.1) is 9.15 Å². The minimum atomic E-state index is -0.923. The van der Waals surface area contributed by atoms with Crippen LogP contribution in [0.3, 0.4) is 0 Å². The summed E-state index contributed by atoms with van der Waals surface area (Å²) in [5.41, 5.74) is 6.13. The van der Waals surface area contributed by atoms with Gasteiger partial charge in [0.1, 0.15) is 0 Å². The molecule has 61 heavy (non-hydrogen) atoms. The molecule has 318 valence electrons. The van der Waals surface area contributed by atoms with Crippen LogP contribution in [0.5, 0.6) is 0 Å². The van der Waals surface area contributed by atoms with Crippen LogP contribution in [0.15, 0.2) is 117 Å². The van der Waals surface area contributed by atoms with E-state index in [1.54, 1.807) is 0 Å². The third kappa shape index (κ3) is 9.71. The van der Waals surface area contributed by atoms with Crippen molar-refractivity contribution in [3.8, 4) is 0 Å². The van der Waals surface area contributed by atoms with Gasteiger partial charge in [-0.3, -0.25) is 0 Å². The van der Waals surface area contributed by atoms with Crippen LogP contribution in [0.25, 0.3) is 21.5 Å². The maximum atomic E-state index is 5.42. The van der Waals surface area contributed by atoms with Gasteiger partial charge >= 0.3 is 5.91 Å². The fraction of sp³-hybridized carbons (Fsp3) is 0.0222. The summed E-state index contributed by atoms with van der Waals surface area (Å²) in [6.45, 7) is 0. The Bertz CT molecular complexity index is 2510. The van der Waals surface area contributed by atoms with E-state index < -0.39 is 5.91 Å². The summed E-state index contributed by atoms with van der Waals surface area (Å²) in [5, 5.41) is 4.33. The van der Waals surface area contributed by atoms with Crippen LogP contribution in [0.2, 0.25) is 0 Å². The maximum absolute atomic E-state index is 5.42. The molecule has 8 heterocycles. The van der Waals surface area contributed by atoms with Crippen molar-refractivity contribution in [3.05, 3.63) is 219 Å². The topological polar surface area (TPSA) is 65.3 Å². The summed E-state index contributed by atoms with van der Waals surface area (Å²) in [4.78, 5) is 21.7. The van der Waals surface area contributed by atoms with Crippen molar-refractivity contribution >= 4 is 56.5 Å². The van der Waals surface area contributed by atoms with Crippen LogP contribution in [-0.2, 0) is 221 Å². The molecule has 0 fully saturated rings. The van der Waals surface area contributed by atoms with E-state index >= 15 is 0 Å². The molecule has 0 amide bonds. The first kappa shape index (κ1) is 82.5. The summed E-state index contributed by atoms with van der Waals surface area (Å²) >= 11 is 0. The quantitative estimate of drug-likeness (QED) is 0.108. The molecule has 6 aliphatic heterocycles. The molecule has 1 spiro atoms. The maximum Gasteiger partial charge on any atom is 0.404 e. The van der Waals surface area contributed by atoms with Crippen LogP contribution < -0.4 is 11.0 Å². The summed E-state index contributed by atoms with van der Waals surface area (Å²) in [5.74, 6) is 4.46. The normalized spacial score (nSPS) is 12.4. The second kappa shape index (κ2) is 29.3. The van der Waals surface area contributed by atoms with Crippen LogP contribution in [0.4, 0.5) is 11.6 Å². The van der Waals surface area contributed by atoms with E-state index in [-0.39, 0.29) is 304 Å². The van der Waals surface area contributed by atoms with Crippen molar-refractivity contribution in [3.63, 3.8) is 0 Å². The fourth-order valence-corrected chi connectivity index (χ4v) is 7.88. The van der Waals surface area contributed by atoms with Gasteiger partial charge in [0.05, 0.1) is 22.3 Å². The van der Waals surface area contributed by atoms with E-state index in [0.717, 1.165) is 89.8 Å². The molecule has 0 bridgehead atoms. The molecule has 2 aromatic heterocycles. The minimum Gasteiger partial charge on any atom is -0.358 e. The Morgan fingerprint density at radius 2 is 0.623 bits per heavy atom. The molecule has 0 atom stereocenters. The zero-order valence-corrected chi connectivity index (χ0v) is 60.3. The van der Waals surface area contributed by atoms with Gasteiger partial charge in [0, 0.05) is 237 Å². The van der Waals surface area contributed by atoms with Gasteiger partial charge in [-0.05, 0) is 48.5 Å². The Morgan fingerprint density at radius 3 is 0.951 bits per heavy atom. The molecule has 0 saturated heterocycles. The van der Waals surface area contributed by atoms with Gasteiger partial charge in [0.25, 0.3) is 23.3 Å². The Morgan fingerprint density at radius 1 is 0.344 bits per heavy atom. The smallest absolute Gasteiger partial charge is 0.358 e. The van der Waals surface area contributed by atoms with Crippen LogP contribution >= 0.6 is 0 Å². The third-order valence-corrected chi connectivity index (χ3v) is 9.38. The molecule has 0 saturated carbocycles. The first-order chi connectivity index (χ1) is 20.4. The second-order valence-electron chi connectivity index (χ2n) is 11.2. The van der Waals surface area contributed by atoms with E-state index in [4.69, 9.17) is 20.0 Å². The van der Waals surface area contributed by atoms with Crippen molar-refractivity contribution in [2.45, 2.75) is 5.91 Å². The number of nitrogens with zero attached hydrogens (tertiary/aromatic N) is 8. The Balaban J connectivity index is -0.000000193. The zero-order chi connectivity index (χ0) is 26.2. The van der Waals surface area contributed by atoms with Gasteiger partial charge in [-0.2, -0.15) is 9.13 Å². The van der Waals surface area contributed by atoms with Crippen LogP contribution in [0, 0.1) is 89.1 Å². The van der Waals surface area contributed by atoms with E-state index in [2.05, 4.69) is 115 Å². The van der Waals surface area contributed by atoms with E-state index in [1.165, 1.54) is 0 Å². The van der Waals surface area contributed by atoms with E-state index in [1.807, 2.05) is 0 Å². The monoisotopic (exact) mass is 1800 g/mol. The molecule has 12 rings (SSSR count). The number of amidine groups is 4. The summed E-state index contributed by atoms with van der Waals surface area (Å²) in [6.07, 6.45) is 0. The SMILES string of the molecule is [CH3-].[CH3-].[CH3-].[CH3-].[CH3-].[CH3-].[CH3-].[CH3-].[CH3-].[CH3-].[CH3-].[CH3-].[W].[W].[W].[W].[Y].[Y].[Y].[Y].c1ccc2c(c1)C1=Nc3c4ccccc4c4n3C35n6c(c7ccccc7c6=NC6=[N+]3C(=N4)c3ccccc36)=NC2=[N+]15. The summed E-state index contributed by atoms with van der Waals surface area (Å²) in [6, 6.07) is 34.0. The number of rotatable bonds is 0. The molecule has 16 heteroatoms. The van der Waals surface area contributed by atoms with Crippen molar-refractivity contribution in [1.82, 2.24) is 9.13 Å². The molecule has 4 radical (unpaired) electrons. The Labute approximate surface area is 526 Å². The summed E-state index contributed by atoms with van der Waals surface area (Å²) < 4.78 is 9.32. The number of aliphatic imine (C=N–C) groups is 2. The van der Waals surface area contributed by atoms with Gasteiger partial charge in [-0.25, -0.2) is 0 Å². The van der Waals surface area contributed by atoms with E-state index in [9.17, 15) is 0 Å². The first-order valence-corrected chi connectivity index (χ1v) is 13.8. The first-order valence-electron chi connectivity index (χ1n) is 13.8. The fourth-order valence-electron chi connectivity index (χ4n) is 7.88. The number of hydrogen-bond donors (Lipinski definition) is 0. The average Bonchev–Trinajstić information content (AvgIpc) is 3.74. The van der Waals surface area contributed by atoms with Crippen molar-refractivity contribution in [2.75, 3.05) is 0 Å². The van der Waals surface area contributed by atoms with Gasteiger partial charge < -0.3 is 89.1 Å². The summed E-state index contributed by atoms with van der Waals surface area (Å²) in [7, 11) is 0. The Kier molecular flexibility index (Phi) is 39.7. The number of aromatic nitrogens is 2.